The fraction of sp³-hybridized carbons (Fsp3) is 0.533. The van der Waals surface area contributed by atoms with Crippen molar-refractivity contribution in [1.29, 1.82) is 5.26 Å². The smallest absolute Gasteiger partial charge is 0.161 e. The van der Waals surface area contributed by atoms with E-state index in [-0.39, 0.29) is 5.41 Å². The van der Waals surface area contributed by atoms with E-state index in [1.54, 1.807) is 0 Å². The third kappa shape index (κ3) is 3.39. The molecule has 0 saturated heterocycles. The highest BCUT2D eigenvalue weighted by Gasteiger charge is 2.43. The second-order valence-corrected chi connectivity index (χ2v) is 5.04. The predicted octanol–water partition coefficient (Wildman–Crippen LogP) is 2.62. The summed E-state index contributed by atoms with van der Waals surface area (Å²) in [7, 11) is 0. The van der Waals surface area contributed by atoms with Crippen LogP contribution in [0.15, 0.2) is 18.2 Å². The number of nitriles is 1. The van der Waals surface area contributed by atoms with Gasteiger partial charge in [-0.05, 0) is 37.5 Å². The molecule has 4 nitrogen and oxygen atoms in total. The summed E-state index contributed by atoms with van der Waals surface area (Å²) in [6, 6.07) is 8.00. The Kier molecular flexibility index (Phi) is 4.28. The summed E-state index contributed by atoms with van der Waals surface area (Å²) in [5, 5.41) is 8.80. The lowest BCUT2D eigenvalue weighted by Gasteiger charge is -2.16. The topological polar surface area (TPSA) is 68.3 Å². The quantitative estimate of drug-likeness (QED) is 0.818. The zero-order valence-corrected chi connectivity index (χ0v) is 11.3. The summed E-state index contributed by atoms with van der Waals surface area (Å²) < 4.78 is 11.4. The Morgan fingerprint density at radius 2 is 2.11 bits per heavy atom. The molecule has 4 heteroatoms. The molecular formula is C15H20N2O2. The van der Waals surface area contributed by atoms with E-state index in [1.807, 2.05) is 25.1 Å². The third-order valence-corrected chi connectivity index (χ3v) is 3.49. The minimum atomic E-state index is 0.0742. The van der Waals surface area contributed by atoms with E-state index in [2.05, 4.69) is 6.07 Å². The highest BCUT2D eigenvalue weighted by Crippen LogP contribution is 2.49. The molecule has 1 aliphatic carbocycles. The molecule has 0 bridgehead atoms. The molecule has 102 valence electrons. The van der Waals surface area contributed by atoms with Gasteiger partial charge in [-0.15, -0.1) is 0 Å². The van der Waals surface area contributed by atoms with Crippen LogP contribution in [0.3, 0.4) is 0 Å². The zero-order valence-electron chi connectivity index (χ0n) is 11.3. The number of rotatable bonds is 7. The number of nitrogens with zero attached hydrogens (tertiary/aromatic N) is 1. The molecule has 1 aliphatic rings. The summed E-state index contributed by atoms with van der Waals surface area (Å²) in [6.07, 6.45) is 2.72. The summed E-state index contributed by atoms with van der Waals surface area (Å²) in [5.41, 5.74) is 6.72. The zero-order chi connectivity index (χ0) is 13.7. The molecular weight excluding hydrogens is 240 g/mol. The van der Waals surface area contributed by atoms with Crippen LogP contribution in [-0.4, -0.2) is 13.2 Å². The number of ether oxygens (including phenoxy) is 2. The molecule has 0 unspecified atom stereocenters. The average Bonchev–Trinajstić information content (AvgIpc) is 3.18. The molecule has 0 atom stereocenters. The number of nitrogens with two attached hydrogens (primary N) is 1. The van der Waals surface area contributed by atoms with E-state index in [1.165, 1.54) is 0 Å². The third-order valence-electron chi connectivity index (χ3n) is 3.49. The van der Waals surface area contributed by atoms with E-state index in [4.69, 9.17) is 20.5 Å². The molecule has 0 radical (unpaired) electrons. The molecule has 0 amide bonds. The van der Waals surface area contributed by atoms with Gasteiger partial charge in [0.2, 0.25) is 0 Å². The molecule has 0 spiro atoms. The minimum Gasteiger partial charge on any atom is -0.490 e. The van der Waals surface area contributed by atoms with Crippen LogP contribution in [0.1, 0.15) is 31.7 Å². The fourth-order valence-electron chi connectivity index (χ4n) is 2.01. The van der Waals surface area contributed by atoms with Crippen molar-refractivity contribution in [3.05, 3.63) is 23.8 Å². The Labute approximate surface area is 114 Å². The van der Waals surface area contributed by atoms with E-state index >= 15 is 0 Å². The molecule has 19 heavy (non-hydrogen) atoms. The Morgan fingerprint density at radius 1 is 1.32 bits per heavy atom. The van der Waals surface area contributed by atoms with Crippen molar-refractivity contribution in [1.82, 2.24) is 0 Å². The van der Waals surface area contributed by atoms with Gasteiger partial charge in [0.1, 0.15) is 0 Å². The van der Waals surface area contributed by atoms with E-state index in [0.717, 1.165) is 29.9 Å². The molecule has 2 N–H and O–H groups in total. The van der Waals surface area contributed by atoms with Crippen molar-refractivity contribution >= 4 is 0 Å². The van der Waals surface area contributed by atoms with Crippen LogP contribution in [0.2, 0.25) is 0 Å². The first-order valence-electron chi connectivity index (χ1n) is 6.68. The second kappa shape index (κ2) is 5.94. The maximum Gasteiger partial charge on any atom is 0.161 e. The van der Waals surface area contributed by atoms with Gasteiger partial charge in [0.25, 0.3) is 0 Å². The van der Waals surface area contributed by atoms with Crippen LogP contribution in [0, 0.1) is 16.7 Å². The molecule has 1 saturated carbocycles. The van der Waals surface area contributed by atoms with Crippen LogP contribution in [-0.2, 0) is 6.54 Å². The second-order valence-electron chi connectivity index (χ2n) is 5.04. The summed E-state index contributed by atoms with van der Waals surface area (Å²) >= 11 is 0. The van der Waals surface area contributed by atoms with Crippen LogP contribution in [0.25, 0.3) is 0 Å². The molecule has 2 rings (SSSR count). The van der Waals surface area contributed by atoms with Crippen molar-refractivity contribution in [3.8, 4) is 17.6 Å². The maximum atomic E-state index is 8.80. The van der Waals surface area contributed by atoms with Crippen LogP contribution >= 0.6 is 0 Å². The normalized spacial score (nSPS) is 15.6. The van der Waals surface area contributed by atoms with Crippen molar-refractivity contribution < 1.29 is 9.47 Å². The summed E-state index contributed by atoms with van der Waals surface area (Å²) in [6.45, 7) is 3.60. The van der Waals surface area contributed by atoms with Crippen molar-refractivity contribution in [2.24, 2.45) is 11.1 Å². The van der Waals surface area contributed by atoms with Gasteiger partial charge in [-0.3, -0.25) is 0 Å². The van der Waals surface area contributed by atoms with Gasteiger partial charge in [-0.1, -0.05) is 6.07 Å². The van der Waals surface area contributed by atoms with Gasteiger partial charge in [-0.25, -0.2) is 0 Å². The lowest BCUT2D eigenvalue weighted by atomic mass is 10.1. The standard InChI is InChI=1S/C15H20N2O2/c1-2-18-14-9-12(10-17)3-4-13(14)19-11-15(5-6-15)7-8-16/h3-4,9H,2,5-7,10-11,17H2,1H3. The Hall–Kier alpha value is -1.73. The van der Waals surface area contributed by atoms with Gasteiger partial charge in [0, 0.05) is 18.4 Å². The van der Waals surface area contributed by atoms with Crippen molar-refractivity contribution in [3.63, 3.8) is 0 Å². The lowest BCUT2D eigenvalue weighted by Crippen LogP contribution is -2.13. The summed E-state index contributed by atoms with van der Waals surface area (Å²) in [5.74, 6) is 1.47. The van der Waals surface area contributed by atoms with Crippen LogP contribution in [0.4, 0.5) is 0 Å². The first-order valence-corrected chi connectivity index (χ1v) is 6.68. The molecule has 0 aliphatic heterocycles. The van der Waals surface area contributed by atoms with Crippen LogP contribution in [0.5, 0.6) is 11.5 Å². The van der Waals surface area contributed by atoms with Gasteiger partial charge >= 0.3 is 0 Å². The molecule has 0 aromatic heterocycles. The molecule has 1 aromatic carbocycles. The number of benzene rings is 1. The van der Waals surface area contributed by atoms with Crippen molar-refractivity contribution in [2.75, 3.05) is 13.2 Å². The highest BCUT2D eigenvalue weighted by atomic mass is 16.5. The van der Waals surface area contributed by atoms with Crippen molar-refractivity contribution in [2.45, 2.75) is 32.7 Å². The Balaban J connectivity index is 2.05. The first-order chi connectivity index (χ1) is 9.23. The average molecular weight is 260 g/mol. The van der Waals surface area contributed by atoms with E-state index in [9.17, 15) is 0 Å². The van der Waals surface area contributed by atoms with Crippen LogP contribution < -0.4 is 15.2 Å². The van der Waals surface area contributed by atoms with Gasteiger partial charge < -0.3 is 15.2 Å². The largest absolute Gasteiger partial charge is 0.490 e. The molecule has 1 fully saturated rings. The molecule has 1 aromatic rings. The highest BCUT2D eigenvalue weighted by molar-refractivity contribution is 5.43. The molecule has 0 heterocycles. The number of hydrogen-bond donors (Lipinski definition) is 1. The van der Waals surface area contributed by atoms with Gasteiger partial charge in [-0.2, -0.15) is 5.26 Å². The van der Waals surface area contributed by atoms with Gasteiger partial charge in [0.05, 0.1) is 19.3 Å². The maximum absolute atomic E-state index is 8.80. The minimum absolute atomic E-state index is 0.0742. The first kappa shape index (κ1) is 13.7. The monoisotopic (exact) mass is 260 g/mol. The SMILES string of the molecule is CCOc1cc(CN)ccc1OCC1(CC#N)CC1. The van der Waals surface area contributed by atoms with E-state index < -0.39 is 0 Å². The summed E-state index contributed by atoms with van der Waals surface area (Å²) in [4.78, 5) is 0. The predicted molar refractivity (Wildman–Crippen MR) is 72.9 cm³/mol. The Bertz CT molecular complexity index is 476. The Morgan fingerprint density at radius 3 is 2.68 bits per heavy atom. The lowest BCUT2D eigenvalue weighted by molar-refractivity contribution is 0.222. The number of hydrogen-bond acceptors (Lipinski definition) is 4. The van der Waals surface area contributed by atoms with E-state index in [0.29, 0.717) is 26.2 Å². The van der Waals surface area contributed by atoms with Gasteiger partial charge in [0.15, 0.2) is 11.5 Å². The fourth-order valence-corrected chi connectivity index (χ4v) is 2.01.